The largest absolute Gasteiger partial charge is 0.376 e. The molecule has 1 aliphatic rings. The number of hydrogen-bond acceptors (Lipinski definition) is 2. The number of ether oxygens (including phenoxy) is 1. The molecule has 2 unspecified atom stereocenters. The van der Waals surface area contributed by atoms with Gasteiger partial charge >= 0.3 is 0 Å². The second-order valence-electron chi connectivity index (χ2n) is 4.94. The van der Waals surface area contributed by atoms with Crippen LogP contribution in [-0.4, -0.2) is 22.3 Å². The molecule has 2 aromatic rings. The summed E-state index contributed by atoms with van der Waals surface area (Å²) in [5.41, 5.74) is 1.18. The van der Waals surface area contributed by atoms with Crippen LogP contribution in [0, 0.1) is 5.82 Å². The molecular formula is C14H16ClFN2O. The minimum absolute atomic E-state index is 0.176. The first-order valence-corrected chi connectivity index (χ1v) is 7.01. The molecule has 1 saturated heterocycles. The Morgan fingerprint density at radius 1 is 1.58 bits per heavy atom. The third-order valence-corrected chi connectivity index (χ3v) is 3.72. The number of fused-ring (bicyclic) bond motifs is 1. The van der Waals surface area contributed by atoms with Crippen molar-refractivity contribution in [2.24, 2.45) is 0 Å². The van der Waals surface area contributed by atoms with Crippen LogP contribution in [0.4, 0.5) is 4.39 Å². The Morgan fingerprint density at radius 2 is 2.42 bits per heavy atom. The zero-order chi connectivity index (χ0) is 13.4. The Balaban J connectivity index is 2.08. The molecule has 2 atom stereocenters. The maximum atomic E-state index is 13.8. The highest BCUT2D eigenvalue weighted by molar-refractivity contribution is 6.20. The lowest BCUT2D eigenvalue weighted by molar-refractivity contribution is 0.0972. The van der Waals surface area contributed by atoms with E-state index in [2.05, 4.69) is 4.98 Å². The van der Waals surface area contributed by atoms with E-state index < -0.39 is 0 Å². The molecular weight excluding hydrogens is 267 g/mol. The van der Waals surface area contributed by atoms with E-state index in [1.165, 1.54) is 6.07 Å². The van der Waals surface area contributed by atoms with Gasteiger partial charge in [-0.15, -0.1) is 11.6 Å². The highest BCUT2D eigenvalue weighted by Gasteiger charge is 2.22. The normalized spacial score (nSPS) is 21.1. The number of hydrogen-bond donors (Lipinski definition) is 0. The van der Waals surface area contributed by atoms with E-state index in [1.54, 1.807) is 6.07 Å². The van der Waals surface area contributed by atoms with Crippen LogP contribution in [0.1, 0.15) is 31.0 Å². The molecule has 0 N–H and O–H groups in total. The highest BCUT2D eigenvalue weighted by Crippen LogP contribution is 2.27. The van der Waals surface area contributed by atoms with Crippen molar-refractivity contribution < 1.29 is 9.13 Å². The van der Waals surface area contributed by atoms with E-state index in [4.69, 9.17) is 16.3 Å². The van der Waals surface area contributed by atoms with Gasteiger partial charge in [0.15, 0.2) is 5.82 Å². The van der Waals surface area contributed by atoms with Gasteiger partial charge in [-0.25, -0.2) is 9.37 Å². The minimum atomic E-state index is -0.304. The van der Waals surface area contributed by atoms with Crippen molar-refractivity contribution in [3.8, 4) is 0 Å². The van der Waals surface area contributed by atoms with Gasteiger partial charge in [-0.1, -0.05) is 6.07 Å². The maximum absolute atomic E-state index is 13.8. The van der Waals surface area contributed by atoms with E-state index in [0.29, 0.717) is 17.9 Å². The summed E-state index contributed by atoms with van der Waals surface area (Å²) in [4.78, 5) is 4.35. The van der Waals surface area contributed by atoms with Gasteiger partial charge in [0.1, 0.15) is 11.3 Å². The van der Waals surface area contributed by atoms with E-state index in [9.17, 15) is 4.39 Å². The first kappa shape index (κ1) is 12.9. The molecule has 0 amide bonds. The fourth-order valence-corrected chi connectivity index (χ4v) is 2.78. The van der Waals surface area contributed by atoms with Gasteiger partial charge in [-0.05, 0) is 31.9 Å². The molecule has 0 saturated carbocycles. The fraction of sp³-hybridized carbons (Fsp3) is 0.500. The Morgan fingerprint density at radius 3 is 3.11 bits per heavy atom. The molecule has 1 aliphatic heterocycles. The van der Waals surface area contributed by atoms with Crippen LogP contribution < -0.4 is 0 Å². The molecule has 3 rings (SSSR count). The van der Waals surface area contributed by atoms with Gasteiger partial charge in [0.05, 0.1) is 23.5 Å². The van der Waals surface area contributed by atoms with Gasteiger partial charge in [0.2, 0.25) is 0 Å². The Labute approximate surface area is 116 Å². The fourth-order valence-electron chi connectivity index (χ4n) is 2.62. The van der Waals surface area contributed by atoms with Crippen molar-refractivity contribution in [2.75, 3.05) is 6.61 Å². The molecule has 1 aromatic carbocycles. The summed E-state index contributed by atoms with van der Waals surface area (Å²) in [6, 6.07) is 5.01. The Kier molecular flexibility index (Phi) is 3.46. The molecule has 3 nitrogen and oxygen atoms in total. The van der Waals surface area contributed by atoms with Gasteiger partial charge in [-0.3, -0.25) is 0 Å². The lowest BCUT2D eigenvalue weighted by Crippen LogP contribution is -2.17. The first-order chi connectivity index (χ1) is 9.16. The van der Waals surface area contributed by atoms with E-state index in [1.807, 2.05) is 17.6 Å². The first-order valence-electron chi connectivity index (χ1n) is 6.57. The number of imidazole rings is 1. The van der Waals surface area contributed by atoms with Crippen LogP contribution in [0.3, 0.4) is 0 Å². The van der Waals surface area contributed by atoms with Gasteiger partial charge in [0.25, 0.3) is 0 Å². The van der Waals surface area contributed by atoms with Crippen molar-refractivity contribution in [3.63, 3.8) is 0 Å². The molecule has 19 heavy (non-hydrogen) atoms. The number of rotatable bonds is 3. The van der Waals surface area contributed by atoms with Crippen LogP contribution >= 0.6 is 11.6 Å². The van der Waals surface area contributed by atoms with E-state index in [0.717, 1.165) is 25.0 Å². The van der Waals surface area contributed by atoms with Crippen molar-refractivity contribution in [1.29, 1.82) is 0 Å². The highest BCUT2D eigenvalue weighted by atomic mass is 35.5. The van der Waals surface area contributed by atoms with Gasteiger partial charge in [0, 0.05) is 6.61 Å². The topological polar surface area (TPSA) is 27.1 Å². The van der Waals surface area contributed by atoms with Crippen molar-refractivity contribution in [3.05, 3.63) is 29.8 Å². The quantitative estimate of drug-likeness (QED) is 0.804. The Bertz CT molecular complexity index is 590. The van der Waals surface area contributed by atoms with Crippen molar-refractivity contribution in [2.45, 2.75) is 37.8 Å². The summed E-state index contributed by atoms with van der Waals surface area (Å²) in [5.74, 6) is 0.402. The predicted molar refractivity (Wildman–Crippen MR) is 72.9 cm³/mol. The van der Waals surface area contributed by atoms with Crippen LogP contribution in [-0.2, 0) is 11.3 Å². The maximum Gasteiger partial charge on any atom is 0.151 e. The number of halogens is 2. The standard InChI is InChI=1S/C14H16ClFN2O/c1-9(15)14-17-13-11(16)5-2-6-12(13)18(14)8-10-4-3-7-19-10/h2,5-6,9-10H,3-4,7-8H2,1H3. The van der Waals surface area contributed by atoms with E-state index in [-0.39, 0.29) is 17.3 Å². The predicted octanol–water partition coefficient (Wildman–Crippen LogP) is 3.65. The number of para-hydroxylation sites is 1. The second kappa shape index (κ2) is 5.10. The molecule has 0 radical (unpaired) electrons. The van der Waals surface area contributed by atoms with Crippen LogP contribution in [0.25, 0.3) is 11.0 Å². The number of benzene rings is 1. The number of aromatic nitrogens is 2. The molecule has 0 bridgehead atoms. The third kappa shape index (κ3) is 2.35. The number of nitrogens with zero attached hydrogens (tertiary/aromatic N) is 2. The number of alkyl halides is 1. The molecule has 2 heterocycles. The third-order valence-electron chi connectivity index (χ3n) is 3.53. The minimum Gasteiger partial charge on any atom is -0.376 e. The summed E-state index contributed by atoms with van der Waals surface area (Å²) in [5, 5.41) is -0.256. The van der Waals surface area contributed by atoms with E-state index >= 15 is 0 Å². The molecule has 0 spiro atoms. The second-order valence-corrected chi connectivity index (χ2v) is 5.59. The average Bonchev–Trinajstić information content (AvgIpc) is 2.99. The molecule has 102 valence electrons. The summed E-state index contributed by atoms with van der Waals surface area (Å²) < 4.78 is 21.5. The van der Waals surface area contributed by atoms with Crippen LogP contribution in [0.15, 0.2) is 18.2 Å². The smallest absolute Gasteiger partial charge is 0.151 e. The average molecular weight is 283 g/mol. The van der Waals surface area contributed by atoms with Gasteiger partial charge < -0.3 is 9.30 Å². The monoisotopic (exact) mass is 282 g/mol. The zero-order valence-electron chi connectivity index (χ0n) is 10.8. The summed E-state index contributed by atoms with van der Waals surface area (Å²) >= 11 is 6.17. The van der Waals surface area contributed by atoms with Crippen molar-refractivity contribution >= 4 is 22.6 Å². The summed E-state index contributed by atoms with van der Waals surface area (Å²) in [7, 11) is 0. The zero-order valence-corrected chi connectivity index (χ0v) is 11.5. The molecule has 0 aliphatic carbocycles. The summed E-state index contributed by atoms with van der Waals surface area (Å²) in [6.07, 6.45) is 2.29. The Hall–Kier alpha value is -1.13. The van der Waals surface area contributed by atoms with Crippen molar-refractivity contribution in [1.82, 2.24) is 9.55 Å². The lowest BCUT2D eigenvalue weighted by Gasteiger charge is -2.15. The lowest BCUT2D eigenvalue weighted by atomic mass is 10.2. The molecule has 5 heteroatoms. The van der Waals surface area contributed by atoms with Crippen LogP contribution in [0.2, 0.25) is 0 Å². The summed E-state index contributed by atoms with van der Waals surface area (Å²) in [6.45, 7) is 3.34. The van der Waals surface area contributed by atoms with Gasteiger partial charge in [-0.2, -0.15) is 0 Å². The molecule has 1 fully saturated rings. The molecule has 1 aromatic heterocycles. The van der Waals surface area contributed by atoms with Crippen LogP contribution in [0.5, 0.6) is 0 Å². The SMILES string of the molecule is CC(Cl)c1nc2c(F)cccc2n1CC1CCCO1.